The first kappa shape index (κ1) is 11.9. The molecule has 84 valence electrons. The third kappa shape index (κ3) is 3.47. The van der Waals surface area contributed by atoms with Crippen LogP contribution in [0.4, 0.5) is 24.7 Å². The van der Waals surface area contributed by atoms with E-state index in [1.807, 2.05) is 0 Å². The minimum Gasteiger partial charge on any atom is -0.396 e. The van der Waals surface area contributed by atoms with Crippen LogP contribution in [0.2, 0.25) is 5.15 Å². The zero-order chi connectivity index (χ0) is 11.6. The van der Waals surface area contributed by atoms with Gasteiger partial charge in [-0.05, 0) is 12.1 Å². The number of halogens is 4. The molecule has 0 bridgehead atoms. The topological polar surface area (TPSA) is 42.2 Å². The zero-order valence-corrected chi connectivity index (χ0v) is 8.60. The molecule has 2 N–H and O–H groups in total. The summed E-state index contributed by atoms with van der Waals surface area (Å²) in [6, 6.07) is 2.83. The summed E-state index contributed by atoms with van der Waals surface area (Å²) in [5.41, 5.74) is 5.64. The van der Waals surface area contributed by atoms with Crippen molar-refractivity contribution in [3.63, 3.8) is 0 Å². The van der Waals surface area contributed by atoms with E-state index in [2.05, 4.69) is 4.98 Å². The van der Waals surface area contributed by atoms with Gasteiger partial charge in [0, 0.05) is 7.05 Å². The molecule has 0 radical (unpaired) electrons. The fourth-order valence-corrected chi connectivity index (χ4v) is 1.23. The summed E-state index contributed by atoms with van der Waals surface area (Å²) >= 11 is 5.56. The van der Waals surface area contributed by atoms with E-state index in [-0.39, 0.29) is 16.7 Å². The molecule has 1 aromatic rings. The van der Waals surface area contributed by atoms with E-state index in [1.165, 1.54) is 19.2 Å². The van der Waals surface area contributed by atoms with Gasteiger partial charge in [0.2, 0.25) is 0 Å². The largest absolute Gasteiger partial charge is 0.405 e. The van der Waals surface area contributed by atoms with Crippen molar-refractivity contribution in [3.05, 3.63) is 17.3 Å². The Morgan fingerprint density at radius 1 is 1.47 bits per heavy atom. The minimum absolute atomic E-state index is 0.0276. The number of aromatic nitrogens is 1. The molecule has 0 unspecified atom stereocenters. The van der Waals surface area contributed by atoms with Gasteiger partial charge in [-0.25, -0.2) is 4.98 Å². The molecule has 0 amide bonds. The number of hydrogen-bond donors (Lipinski definition) is 1. The van der Waals surface area contributed by atoms with E-state index in [9.17, 15) is 13.2 Å². The second-order valence-electron chi connectivity index (χ2n) is 3.02. The first-order valence-electron chi connectivity index (χ1n) is 3.99. The molecule has 7 heteroatoms. The number of rotatable bonds is 2. The lowest BCUT2D eigenvalue weighted by molar-refractivity contribution is -0.119. The van der Waals surface area contributed by atoms with E-state index >= 15 is 0 Å². The van der Waals surface area contributed by atoms with Gasteiger partial charge in [0.05, 0.1) is 5.69 Å². The first-order valence-corrected chi connectivity index (χ1v) is 4.37. The number of alkyl halides is 3. The second kappa shape index (κ2) is 4.14. The van der Waals surface area contributed by atoms with E-state index in [0.717, 1.165) is 4.90 Å². The number of hydrogen-bond acceptors (Lipinski definition) is 3. The first-order chi connectivity index (χ1) is 6.79. The average molecular weight is 240 g/mol. The van der Waals surface area contributed by atoms with E-state index in [1.54, 1.807) is 0 Å². The van der Waals surface area contributed by atoms with Crippen LogP contribution in [0.15, 0.2) is 12.1 Å². The lowest BCUT2D eigenvalue weighted by Gasteiger charge is -2.21. The third-order valence-corrected chi connectivity index (χ3v) is 1.86. The Labute approximate surface area is 89.6 Å². The Hall–Kier alpha value is -1.17. The van der Waals surface area contributed by atoms with E-state index in [0.29, 0.717) is 0 Å². The van der Waals surface area contributed by atoms with Crippen LogP contribution < -0.4 is 10.6 Å². The van der Waals surface area contributed by atoms with Crippen molar-refractivity contribution in [1.82, 2.24) is 4.98 Å². The Morgan fingerprint density at radius 3 is 2.60 bits per heavy atom. The monoisotopic (exact) mass is 239 g/mol. The summed E-state index contributed by atoms with van der Waals surface area (Å²) in [5.74, 6) is 0.0276. The quantitative estimate of drug-likeness (QED) is 0.806. The smallest absolute Gasteiger partial charge is 0.396 e. The summed E-state index contributed by atoms with van der Waals surface area (Å²) < 4.78 is 36.2. The molecule has 0 fully saturated rings. The van der Waals surface area contributed by atoms with Gasteiger partial charge in [0.1, 0.15) is 11.7 Å². The van der Waals surface area contributed by atoms with Gasteiger partial charge < -0.3 is 10.6 Å². The minimum atomic E-state index is -4.30. The fraction of sp³-hybridized carbons (Fsp3) is 0.375. The molecule has 15 heavy (non-hydrogen) atoms. The predicted octanol–water partition coefficient (Wildman–Crippen LogP) is 2.32. The lowest BCUT2D eigenvalue weighted by Crippen LogP contribution is -2.31. The van der Waals surface area contributed by atoms with Crippen LogP contribution in [0, 0.1) is 0 Å². The molecular formula is C8H9ClF3N3. The molecule has 3 nitrogen and oxygen atoms in total. The molecule has 1 rings (SSSR count). The summed E-state index contributed by atoms with van der Waals surface area (Å²) in [4.78, 5) is 4.63. The average Bonchev–Trinajstić information content (AvgIpc) is 2.06. The molecule has 0 saturated heterocycles. The van der Waals surface area contributed by atoms with Crippen molar-refractivity contribution in [2.75, 3.05) is 24.2 Å². The van der Waals surface area contributed by atoms with Gasteiger partial charge in [0.15, 0.2) is 5.82 Å². The van der Waals surface area contributed by atoms with Crippen LogP contribution >= 0.6 is 11.6 Å². The van der Waals surface area contributed by atoms with Crippen molar-refractivity contribution in [2.24, 2.45) is 0 Å². The lowest BCUT2D eigenvalue weighted by atomic mass is 10.3. The number of anilines is 2. The summed E-state index contributed by atoms with van der Waals surface area (Å²) in [6.45, 7) is -1.12. The second-order valence-corrected chi connectivity index (χ2v) is 3.41. The zero-order valence-electron chi connectivity index (χ0n) is 7.85. The van der Waals surface area contributed by atoms with Crippen LogP contribution in [-0.2, 0) is 0 Å². The molecule has 0 aliphatic rings. The normalized spacial score (nSPS) is 11.5. The molecule has 1 heterocycles. The van der Waals surface area contributed by atoms with Crippen LogP contribution in [0.1, 0.15) is 0 Å². The van der Waals surface area contributed by atoms with E-state index in [4.69, 9.17) is 17.3 Å². The summed E-state index contributed by atoms with van der Waals surface area (Å²) in [7, 11) is 1.25. The molecule has 0 atom stereocenters. The standard InChI is InChI=1S/C8H9ClF3N3/c1-15(4-8(10,11)12)7-5(13)2-3-6(9)14-7/h2-3H,4,13H2,1H3. The third-order valence-electron chi connectivity index (χ3n) is 1.65. The van der Waals surface area contributed by atoms with Crippen LogP contribution in [-0.4, -0.2) is 24.8 Å². The number of nitrogen functional groups attached to an aromatic ring is 1. The van der Waals surface area contributed by atoms with Crippen molar-refractivity contribution >= 4 is 23.1 Å². The Balaban J connectivity index is 2.90. The molecule has 0 aliphatic carbocycles. The Kier molecular flexibility index (Phi) is 3.28. The van der Waals surface area contributed by atoms with Gasteiger partial charge >= 0.3 is 6.18 Å². The van der Waals surface area contributed by atoms with Gasteiger partial charge in [0.25, 0.3) is 0 Å². The SMILES string of the molecule is CN(CC(F)(F)F)c1nc(Cl)ccc1N. The van der Waals surface area contributed by atoms with E-state index < -0.39 is 12.7 Å². The van der Waals surface area contributed by atoms with Crippen molar-refractivity contribution in [1.29, 1.82) is 0 Å². The van der Waals surface area contributed by atoms with Crippen LogP contribution in [0.3, 0.4) is 0 Å². The number of nitrogens with zero attached hydrogens (tertiary/aromatic N) is 2. The summed E-state index contributed by atoms with van der Waals surface area (Å²) in [6.07, 6.45) is -4.30. The van der Waals surface area contributed by atoms with Gasteiger partial charge in [-0.15, -0.1) is 0 Å². The molecule has 0 spiro atoms. The van der Waals surface area contributed by atoms with Crippen molar-refractivity contribution in [2.45, 2.75) is 6.18 Å². The molecule has 1 aromatic heterocycles. The van der Waals surface area contributed by atoms with Crippen molar-refractivity contribution < 1.29 is 13.2 Å². The molecule has 0 saturated carbocycles. The number of nitrogens with two attached hydrogens (primary N) is 1. The maximum atomic E-state index is 12.1. The molecule has 0 aliphatic heterocycles. The highest BCUT2D eigenvalue weighted by atomic mass is 35.5. The van der Waals surface area contributed by atoms with Gasteiger partial charge in [-0.3, -0.25) is 0 Å². The van der Waals surface area contributed by atoms with Crippen molar-refractivity contribution in [3.8, 4) is 0 Å². The van der Waals surface area contributed by atoms with Gasteiger partial charge in [-0.2, -0.15) is 13.2 Å². The Morgan fingerprint density at radius 2 is 2.07 bits per heavy atom. The molecular weight excluding hydrogens is 231 g/mol. The Bertz CT molecular complexity index is 353. The predicted molar refractivity (Wildman–Crippen MR) is 53.0 cm³/mol. The fourth-order valence-electron chi connectivity index (χ4n) is 1.09. The highest BCUT2D eigenvalue weighted by Gasteiger charge is 2.30. The van der Waals surface area contributed by atoms with Crippen LogP contribution in [0.5, 0.6) is 0 Å². The summed E-state index contributed by atoms with van der Waals surface area (Å²) in [5, 5.41) is 0.105. The maximum Gasteiger partial charge on any atom is 0.405 e. The van der Waals surface area contributed by atoms with Crippen LogP contribution in [0.25, 0.3) is 0 Å². The number of pyridine rings is 1. The maximum absolute atomic E-state index is 12.1. The highest BCUT2D eigenvalue weighted by molar-refractivity contribution is 6.29. The van der Waals surface area contributed by atoms with Gasteiger partial charge in [-0.1, -0.05) is 11.6 Å². The molecule has 0 aromatic carbocycles. The highest BCUT2D eigenvalue weighted by Crippen LogP contribution is 2.25.